The van der Waals surface area contributed by atoms with Gasteiger partial charge in [0.1, 0.15) is 0 Å². The molecule has 4 nitrogen and oxygen atoms in total. The Morgan fingerprint density at radius 3 is 1.23 bits per heavy atom. The van der Waals surface area contributed by atoms with E-state index in [-0.39, 0.29) is 22.2 Å². The van der Waals surface area contributed by atoms with Crippen molar-refractivity contribution in [3.8, 4) is 0 Å². The molecule has 0 radical (unpaired) electrons. The average molecular weight is 417 g/mol. The highest BCUT2D eigenvalue weighted by molar-refractivity contribution is 5.28. The summed E-state index contributed by atoms with van der Waals surface area (Å²) in [5.74, 6) is 0. The maximum atomic E-state index is 2.91. The van der Waals surface area contributed by atoms with Crippen LogP contribution in [0.2, 0.25) is 0 Å². The molecule has 0 aromatic rings. The standard InChI is InChI=1S/C26H48N4/c1-23(2,27-15-8-7-9-16-27)25(5,29-17-10-11-18-29)26(6,30-19-12-13-20-30)24(3,4)28-21-14-22-28/h10-11H,7-9,12-22H2,1-6H3. The molecule has 4 aliphatic heterocycles. The van der Waals surface area contributed by atoms with E-state index in [0.29, 0.717) is 0 Å². The molecule has 0 spiro atoms. The Morgan fingerprint density at radius 2 is 0.800 bits per heavy atom. The van der Waals surface area contributed by atoms with Gasteiger partial charge in [0.2, 0.25) is 0 Å². The quantitative estimate of drug-likeness (QED) is 0.576. The van der Waals surface area contributed by atoms with Crippen LogP contribution in [-0.2, 0) is 0 Å². The van der Waals surface area contributed by atoms with Crippen LogP contribution in [0.1, 0.15) is 80.1 Å². The van der Waals surface area contributed by atoms with Gasteiger partial charge in [-0.05, 0) is 113 Å². The molecule has 172 valence electrons. The van der Waals surface area contributed by atoms with Gasteiger partial charge in [0.15, 0.2) is 0 Å². The zero-order chi connectivity index (χ0) is 21.6. The van der Waals surface area contributed by atoms with E-state index >= 15 is 0 Å². The topological polar surface area (TPSA) is 13.0 Å². The Kier molecular flexibility index (Phi) is 6.20. The van der Waals surface area contributed by atoms with Gasteiger partial charge in [0, 0.05) is 24.2 Å². The van der Waals surface area contributed by atoms with Gasteiger partial charge in [0.05, 0.1) is 11.1 Å². The van der Waals surface area contributed by atoms with E-state index in [1.807, 2.05) is 0 Å². The lowest BCUT2D eigenvalue weighted by Crippen LogP contribution is -2.86. The van der Waals surface area contributed by atoms with Crippen molar-refractivity contribution in [2.75, 3.05) is 52.4 Å². The Balaban J connectivity index is 1.85. The Labute approximate surface area is 186 Å². The molecule has 30 heavy (non-hydrogen) atoms. The highest BCUT2D eigenvalue weighted by Crippen LogP contribution is 2.53. The summed E-state index contributed by atoms with van der Waals surface area (Å²) in [6, 6.07) is 0. The molecular weight excluding hydrogens is 368 g/mol. The van der Waals surface area contributed by atoms with Gasteiger partial charge < -0.3 is 0 Å². The van der Waals surface area contributed by atoms with E-state index in [9.17, 15) is 0 Å². The first-order valence-electron chi connectivity index (χ1n) is 12.8. The summed E-state index contributed by atoms with van der Waals surface area (Å²) >= 11 is 0. The lowest BCUT2D eigenvalue weighted by molar-refractivity contribution is -0.185. The van der Waals surface area contributed by atoms with Crippen LogP contribution in [0.15, 0.2) is 12.2 Å². The van der Waals surface area contributed by atoms with Crippen molar-refractivity contribution in [2.45, 2.75) is 102 Å². The maximum absolute atomic E-state index is 2.91. The summed E-state index contributed by atoms with van der Waals surface area (Å²) in [6.07, 6.45) is 13.0. The predicted molar refractivity (Wildman–Crippen MR) is 128 cm³/mol. The minimum atomic E-state index is 0.0320. The molecule has 0 bridgehead atoms. The van der Waals surface area contributed by atoms with Crippen molar-refractivity contribution in [3.05, 3.63) is 12.2 Å². The third-order valence-electron chi connectivity index (χ3n) is 10.3. The van der Waals surface area contributed by atoms with Crippen molar-refractivity contribution in [2.24, 2.45) is 0 Å². The largest absolute Gasteiger partial charge is 0.296 e. The van der Waals surface area contributed by atoms with Gasteiger partial charge in [0.25, 0.3) is 0 Å². The van der Waals surface area contributed by atoms with Gasteiger partial charge >= 0.3 is 0 Å². The molecule has 3 fully saturated rings. The number of nitrogens with zero attached hydrogens (tertiary/aromatic N) is 4. The number of likely N-dealkylation sites (tertiary alicyclic amines) is 3. The number of hydrogen-bond acceptors (Lipinski definition) is 4. The molecule has 4 rings (SSSR count). The molecule has 2 unspecified atom stereocenters. The Morgan fingerprint density at radius 1 is 0.433 bits per heavy atom. The smallest absolute Gasteiger partial charge is 0.0564 e. The van der Waals surface area contributed by atoms with Crippen molar-refractivity contribution in [3.63, 3.8) is 0 Å². The molecular formula is C26H48N4. The minimum Gasteiger partial charge on any atom is -0.296 e. The van der Waals surface area contributed by atoms with Gasteiger partial charge in [-0.3, -0.25) is 19.6 Å². The van der Waals surface area contributed by atoms with Crippen molar-refractivity contribution in [1.29, 1.82) is 0 Å². The molecule has 0 aromatic carbocycles. The van der Waals surface area contributed by atoms with E-state index in [0.717, 1.165) is 13.1 Å². The zero-order valence-electron chi connectivity index (χ0n) is 20.8. The second-order valence-corrected chi connectivity index (χ2v) is 11.7. The first-order valence-corrected chi connectivity index (χ1v) is 12.8. The van der Waals surface area contributed by atoms with Crippen LogP contribution in [0.4, 0.5) is 0 Å². The van der Waals surface area contributed by atoms with E-state index < -0.39 is 0 Å². The maximum Gasteiger partial charge on any atom is 0.0564 e. The van der Waals surface area contributed by atoms with Crippen LogP contribution in [-0.4, -0.2) is 94.1 Å². The van der Waals surface area contributed by atoms with E-state index in [1.165, 1.54) is 77.8 Å². The van der Waals surface area contributed by atoms with Crippen molar-refractivity contribution in [1.82, 2.24) is 19.6 Å². The molecule has 3 saturated heterocycles. The third kappa shape index (κ3) is 3.16. The number of hydrogen-bond donors (Lipinski definition) is 0. The number of rotatable bonds is 7. The lowest BCUT2D eigenvalue weighted by Gasteiger charge is -2.71. The highest BCUT2D eigenvalue weighted by atomic mass is 15.4. The summed E-state index contributed by atoms with van der Waals surface area (Å²) in [7, 11) is 0. The second-order valence-electron chi connectivity index (χ2n) is 11.7. The monoisotopic (exact) mass is 416 g/mol. The molecule has 4 aliphatic rings. The fourth-order valence-electron chi connectivity index (χ4n) is 7.53. The molecule has 0 aliphatic carbocycles. The van der Waals surface area contributed by atoms with Gasteiger partial charge in [-0.2, -0.15) is 0 Å². The summed E-state index contributed by atoms with van der Waals surface area (Å²) in [6.45, 7) is 25.3. The van der Waals surface area contributed by atoms with Gasteiger partial charge in [-0.1, -0.05) is 18.6 Å². The fraction of sp³-hybridized carbons (Fsp3) is 0.923. The normalized spacial score (nSPS) is 29.7. The van der Waals surface area contributed by atoms with Gasteiger partial charge in [-0.15, -0.1) is 0 Å². The van der Waals surface area contributed by atoms with Crippen LogP contribution in [0.5, 0.6) is 0 Å². The molecule has 4 heterocycles. The first kappa shape index (κ1) is 22.8. The van der Waals surface area contributed by atoms with E-state index in [2.05, 4.69) is 73.3 Å². The molecule has 0 amide bonds. The first-order chi connectivity index (χ1) is 14.2. The third-order valence-corrected chi connectivity index (χ3v) is 10.3. The SMILES string of the molecule is CC(C)(N1CCCCC1)C(C)(N1CC=CC1)C(C)(N1CCCC1)C(C)(C)N1CCC1. The highest BCUT2D eigenvalue weighted by Gasteiger charge is 2.67. The summed E-state index contributed by atoms with van der Waals surface area (Å²) in [5, 5.41) is 0. The lowest BCUT2D eigenvalue weighted by atomic mass is 9.56. The van der Waals surface area contributed by atoms with Crippen LogP contribution in [0.25, 0.3) is 0 Å². The summed E-state index contributed by atoms with van der Waals surface area (Å²) in [4.78, 5) is 11.4. The fourth-order valence-corrected chi connectivity index (χ4v) is 7.53. The van der Waals surface area contributed by atoms with Crippen LogP contribution in [0, 0.1) is 0 Å². The van der Waals surface area contributed by atoms with Crippen molar-refractivity contribution < 1.29 is 0 Å². The molecule has 0 saturated carbocycles. The molecule has 0 aromatic heterocycles. The van der Waals surface area contributed by atoms with Crippen molar-refractivity contribution >= 4 is 0 Å². The number of piperidine rings is 1. The second kappa shape index (κ2) is 8.17. The Bertz CT molecular complexity index is 617. The zero-order valence-corrected chi connectivity index (χ0v) is 20.8. The Hall–Kier alpha value is -0.420. The molecule has 2 atom stereocenters. The molecule has 0 N–H and O–H groups in total. The molecule has 4 heteroatoms. The van der Waals surface area contributed by atoms with Crippen LogP contribution >= 0.6 is 0 Å². The van der Waals surface area contributed by atoms with Crippen LogP contribution < -0.4 is 0 Å². The van der Waals surface area contributed by atoms with Gasteiger partial charge in [-0.25, -0.2) is 0 Å². The minimum absolute atomic E-state index is 0.0320. The van der Waals surface area contributed by atoms with Crippen LogP contribution in [0.3, 0.4) is 0 Å². The predicted octanol–water partition coefficient (Wildman–Crippen LogP) is 4.22. The summed E-state index contributed by atoms with van der Waals surface area (Å²) in [5.41, 5.74) is 0.313. The average Bonchev–Trinajstić information content (AvgIpc) is 3.39. The van der Waals surface area contributed by atoms with E-state index in [4.69, 9.17) is 0 Å². The van der Waals surface area contributed by atoms with E-state index in [1.54, 1.807) is 0 Å². The summed E-state index contributed by atoms with van der Waals surface area (Å²) < 4.78 is 0.